The number of nitrogens with zero attached hydrogens (tertiary/aromatic N) is 2. The lowest BCUT2D eigenvalue weighted by molar-refractivity contribution is -0.385. The van der Waals surface area contributed by atoms with Crippen LogP contribution in [0.4, 0.5) is 24.7 Å². The van der Waals surface area contributed by atoms with Crippen molar-refractivity contribution in [2.75, 3.05) is 11.9 Å². The van der Waals surface area contributed by atoms with Gasteiger partial charge < -0.3 is 10.1 Å². The number of aromatic nitrogens is 1. The Morgan fingerprint density at radius 3 is 2.61 bits per heavy atom. The summed E-state index contributed by atoms with van der Waals surface area (Å²) in [6.07, 6.45) is -4.18. The molecule has 0 aliphatic rings. The number of nitro benzene ring substituents is 1. The van der Waals surface area contributed by atoms with Gasteiger partial charge in [-0.15, -0.1) is 0 Å². The number of carbonyl (C=O) groups excluding carboxylic acids is 2. The molecule has 12 heteroatoms. The van der Waals surface area contributed by atoms with Crippen LogP contribution in [-0.4, -0.2) is 28.4 Å². The highest BCUT2D eigenvalue weighted by atomic mass is 35.5. The summed E-state index contributed by atoms with van der Waals surface area (Å²) >= 11 is 5.65. The number of benzene rings is 1. The minimum Gasteiger partial charge on any atom is -0.452 e. The van der Waals surface area contributed by atoms with Gasteiger partial charge in [-0.2, -0.15) is 13.2 Å². The molecule has 0 saturated heterocycles. The molecule has 148 valence electrons. The SMILES string of the molecule is Cc1cccc([N+](=O)[O-])c1C(=O)OCC(=O)Nc1ncc(C(F)(F)F)cc1Cl. The molecule has 1 heterocycles. The van der Waals surface area contributed by atoms with E-state index in [0.717, 1.165) is 6.07 Å². The number of ether oxygens (including phenoxy) is 1. The highest BCUT2D eigenvalue weighted by Crippen LogP contribution is 2.32. The molecule has 0 radical (unpaired) electrons. The first-order valence-electron chi connectivity index (χ1n) is 7.44. The van der Waals surface area contributed by atoms with Gasteiger partial charge in [0.2, 0.25) is 0 Å². The number of rotatable bonds is 5. The molecule has 1 aromatic heterocycles. The molecule has 2 rings (SSSR count). The Hall–Kier alpha value is -3.21. The quantitative estimate of drug-likeness (QED) is 0.450. The molecule has 28 heavy (non-hydrogen) atoms. The number of alkyl halides is 3. The van der Waals surface area contributed by atoms with Crippen LogP contribution < -0.4 is 5.32 Å². The zero-order valence-corrected chi connectivity index (χ0v) is 14.8. The largest absolute Gasteiger partial charge is 0.452 e. The van der Waals surface area contributed by atoms with Crippen LogP contribution >= 0.6 is 11.6 Å². The van der Waals surface area contributed by atoms with Crippen molar-refractivity contribution in [2.45, 2.75) is 13.1 Å². The van der Waals surface area contributed by atoms with E-state index >= 15 is 0 Å². The number of hydrogen-bond acceptors (Lipinski definition) is 6. The topological polar surface area (TPSA) is 111 Å². The predicted octanol–water partition coefficient (Wildman–Crippen LogP) is 3.77. The predicted molar refractivity (Wildman–Crippen MR) is 91.0 cm³/mol. The van der Waals surface area contributed by atoms with Gasteiger partial charge in [0, 0.05) is 12.3 Å². The van der Waals surface area contributed by atoms with Crippen molar-refractivity contribution in [3.05, 3.63) is 62.3 Å². The fraction of sp³-hybridized carbons (Fsp3) is 0.188. The van der Waals surface area contributed by atoms with E-state index in [0.29, 0.717) is 12.3 Å². The minimum atomic E-state index is -4.66. The van der Waals surface area contributed by atoms with Crippen molar-refractivity contribution < 1.29 is 32.4 Å². The Labute approximate surface area is 160 Å². The number of nitrogens with one attached hydrogen (secondary N) is 1. The van der Waals surface area contributed by atoms with Crippen LogP contribution in [-0.2, 0) is 15.7 Å². The molecule has 1 amide bonds. The lowest BCUT2D eigenvalue weighted by Gasteiger charge is -2.11. The van der Waals surface area contributed by atoms with E-state index < -0.39 is 45.9 Å². The third-order valence-corrected chi connectivity index (χ3v) is 3.70. The molecule has 0 unspecified atom stereocenters. The zero-order chi connectivity index (χ0) is 21.1. The third kappa shape index (κ3) is 4.94. The number of pyridine rings is 1. The van der Waals surface area contributed by atoms with E-state index in [1.807, 2.05) is 0 Å². The van der Waals surface area contributed by atoms with Crippen molar-refractivity contribution >= 4 is 35.0 Å². The summed E-state index contributed by atoms with van der Waals surface area (Å²) in [5, 5.41) is 12.6. The molecule has 1 N–H and O–H groups in total. The monoisotopic (exact) mass is 417 g/mol. The molecular formula is C16H11ClF3N3O5. The summed E-state index contributed by atoms with van der Waals surface area (Å²) in [6, 6.07) is 4.52. The lowest BCUT2D eigenvalue weighted by atomic mass is 10.1. The summed E-state index contributed by atoms with van der Waals surface area (Å²) in [5.41, 5.74) is -1.63. The van der Waals surface area contributed by atoms with Gasteiger partial charge in [0.15, 0.2) is 12.4 Å². The smallest absolute Gasteiger partial charge is 0.417 e. The summed E-state index contributed by atoms with van der Waals surface area (Å²) in [6.45, 7) is 0.596. The fourth-order valence-corrected chi connectivity index (χ4v) is 2.34. The minimum absolute atomic E-state index is 0.270. The normalized spacial score (nSPS) is 11.0. The number of carbonyl (C=O) groups is 2. The van der Waals surface area contributed by atoms with E-state index in [-0.39, 0.29) is 16.9 Å². The van der Waals surface area contributed by atoms with Gasteiger partial charge in [-0.3, -0.25) is 14.9 Å². The Balaban J connectivity index is 2.06. The van der Waals surface area contributed by atoms with E-state index in [1.54, 1.807) is 0 Å². The van der Waals surface area contributed by atoms with Gasteiger partial charge >= 0.3 is 12.1 Å². The molecule has 2 aromatic rings. The first-order chi connectivity index (χ1) is 13.0. The van der Waals surface area contributed by atoms with E-state index in [2.05, 4.69) is 10.3 Å². The number of aryl methyl sites for hydroxylation is 1. The molecule has 1 aromatic carbocycles. The maximum Gasteiger partial charge on any atom is 0.417 e. The second-order valence-corrected chi connectivity index (χ2v) is 5.81. The van der Waals surface area contributed by atoms with Crippen LogP contribution in [0.25, 0.3) is 0 Å². The van der Waals surface area contributed by atoms with Gasteiger partial charge in [0.1, 0.15) is 5.56 Å². The summed E-state index contributed by atoms with van der Waals surface area (Å²) < 4.78 is 42.4. The lowest BCUT2D eigenvalue weighted by Crippen LogP contribution is -2.22. The molecule has 0 bridgehead atoms. The Morgan fingerprint density at radius 1 is 1.36 bits per heavy atom. The van der Waals surface area contributed by atoms with Crippen molar-refractivity contribution in [2.24, 2.45) is 0 Å². The van der Waals surface area contributed by atoms with Crippen LogP contribution in [0.2, 0.25) is 5.02 Å². The number of amides is 1. The van der Waals surface area contributed by atoms with E-state index in [1.165, 1.54) is 19.1 Å². The van der Waals surface area contributed by atoms with Crippen molar-refractivity contribution in [3.8, 4) is 0 Å². The molecule has 0 fully saturated rings. The van der Waals surface area contributed by atoms with E-state index in [4.69, 9.17) is 16.3 Å². The van der Waals surface area contributed by atoms with E-state index in [9.17, 15) is 32.9 Å². The average molecular weight is 418 g/mol. The Morgan fingerprint density at radius 2 is 2.04 bits per heavy atom. The first-order valence-corrected chi connectivity index (χ1v) is 7.82. The number of esters is 1. The Bertz CT molecular complexity index is 950. The molecule has 0 saturated carbocycles. The second kappa shape index (κ2) is 8.21. The van der Waals surface area contributed by atoms with Crippen molar-refractivity contribution in [3.63, 3.8) is 0 Å². The standard InChI is InChI=1S/C16H11ClF3N3O5/c1-8-3-2-4-11(23(26)27)13(8)15(25)28-7-12(24)22-14-10(17)5-9(6-21-14)16(18,19)20/h2-6H,7H2,1H3,(H,21,22,24). The van der Waals surface area contributed by atoms with Crippen molar-refractivity contribution in [1.82, 2.24) is 4.98 Å². The maximum atomic E-state index is 12.6. The highest BCUT2D eigenvalue weighted by molar-refractivity contribution is 6.33. The second-order valence-electron chi connectivity index (χ2n) is 5.40. The zero-order valence-electron chi connectivity index (χ0n) is 14.0. The highest BCUT2D eigenvalue weighted by Gasteiger charge is 2.31. The first kappa shape index (κ1) is 21.1. The number of nitro groups is 1. The van der Waals surface area contributed by atoms with Gasteiger partial charge in [0.05, 0.1) is 15.5 Å². The molecule has 0 aliphatic heterocycles. The van der Waals surface area contributed by atoms with Gasteiger partial charge in [-0.1, -0.05) is 23.7 Å². The number of hydrogen-bond donors (Lipinski definition) is 1. The Kier molecular flexibility index (Phi) is 6.19. The molecule has 0 spiro atoms. The third-order valence-electron chi connectivity index (χ3n) is 3.41. The van der Waals surface area contributed by atoms with Crippen LogP contribution in [0, 0.1) is 17.0 Å². The summed E-state index contributed by atoms with van der Waals surface area (Å²) in [4.78, 5) is 37.6. The molecular weight excluding hydrogens is 407 g/mol. The van der Waals surface area contributed by atoms with Crippen LogP contribution in [0.15, 0.2) is 30.5 Å². The number of anilines is 1. The molecule has 0 atom stereocenters. The van der Waals surface area contributed by atoms with Gasteiger partial charge in [-0.25, -0.2) is 9.78 Å². The summed E-state index contributed by atoms with van der Waals surface area (Å²) in [7, 11) is 0. The summed E-state index contributed by atoms with van der Waals surface area (Å²) in [5.74, 6) is -2.41. The molecule has 0 aliphatic carbocycles. The van der Waals surface area contributed by atoms with Crippen molar-refractivity contribution in [1.29, 1.82) is 0 Å². The van der Waals surface area contributed by atoms with Gasteiger partial charge in [-0.05, 0) is 18.6 Å². The number of halogens is 4. The fourth-order valence-electron chi connectivity index (χ4n) is 2.13. The van der Waals surface area contributed by atoms with Crippen LogP contribution in [0.5, 0.6) is 0 Å². The van der Waals surface area contributed by atoms with Crippen LogP contribution in [0.1, 0.15) is 21.5 Å². The van der Waals surface area contributed by atoms with Gasteiger partial charge in [0.25, 0.3) is 11.6 Å². The van der Waals surface area contributed by atoms with Crippen LogP contribution in [0.3, 0.4) is 0 Å². The maximum absolute atomic E-state index is 12.6. The average Bonchev–Trinajstić information content (AvgIpc) is 2.60. The molecule has 8 nitrogen and oxygen atoms in total.